The fourth-order valence-electron chi connectivity index (χ4n) is 1.86. The van der Waals surface area contributed by atoms with Crippen LogP contribution in [0.25, 0.3) is 11.0 Å². The molecule has 3 aromatic rings. The summed E-state index contributed by atoms with van der Waals surface area (Å²) in [5.74, 6) is 0.575. The molecule has 7 nitrogen and oxygen atoms in total. The zero-order chi connectivity index (χ0) is 14.1. The summed E-state index contributed by atoms with van der Waals surface area (Å²) in [6.45, 7) is 2.51. The summed E-state index contributed by atoms with van der Waals surface area (Å²) in [6.07, 6.45) is 0. The van der Waals surface area contributed by atoms with Crippen LogP contribution < -0.4 is 5.32 Å². The number of aromatic nitrogens is 3. The Morgan fingerprint density at radius 2 is 2.30 bits per heavy atom. The molecule has 0 aliphatic rings. The summed E-state index contributed by atoms with van der Waals surface area (Å²) in [5.41, 5.74) is 2.31. The number of aromatic amines is 1. The molecule has 0 saturated heterocycles. The number of H-pyrrole nitrogens is 1. The number of anilines is 1. The molecule has 0 atom stereocenters. The Morgan fingerprint density at radius 1 is 1.45 bits per heavy atom. The lowest BCUT2D eigenvalue weighted by molar-refractivity contribution is -0.384. The predicted molar refractivity (Wildman–Crippen MR) is 76.9 cm³/mol. The van der Waals surface area contributed by atoms with Crippen LogP contribution in [0, 0.1) is 17.0 Å². The second-order valence-corrected chi connectivity index (χ2v) is 5.32. The second kappa shape index (κ2) is 4.89. The number of hydrogen-bond acceptors (Lipinski definition) is 6. The monoisotopic (exact) mass is 289 g/mol. The van der Waals surface area contributed by atoms with E-state index >= 15 is 0 Å². The van der Waals surface area contributed by atoms with E-state index in [1.54, 1.807) is 17.4 Å². The molecule has 0 saturated carbocycles. The number of nitro benzene ring substituents is 1. The van der Waals surface area contributed by atoms with E-state index in [1.807, 2.05) is 12.3 Å². The maximum Gasteiger partial charge on any atom is 0.271 e. The molecule has 3 rings (SSSR count). The lowest BCUT2D eigenvalue weighted by Gasteiger charge is -1.98. The number of nitro groups is 1. The molecular weight excluding hydrogens is 278 g/mol. The number of benzene rings is 1. The molecule has 102 valence electrons. The Kier molecular flexibility index (Phi) is 3.07. The highest BCUT2D eigenvalue weighted by molar-refractivity contribution is 7.09. The van der Waals surface area contributed by atoms with Gasteiger partial charge in [-0.15, -0.1) is 11.3 Å². The fourth-order valence-corrected chi connectivity index (χ4v) is 2.47. The van der Waals surface area contributed by atoms with Crippen molar-refractivity contribution in [3.8, 4) is 0 Å². The van der Waals surface area contributed by atoms with Crippen molar-refractivity contribution in [2.45, 2.75) is 13.5 Å². The molecule has 0 bridgehead atoms. The Bertz CT molecular complexity index is 779. The lowest BCUT2D eigenvalue weighted by Crippen LogP contribution is -2.00. The number of nitrogens with zero attached hydrogens (tertiary/aromatic N) is 3. The number of thiazole rings is 1. The summed E-state index contributed by atoms with van der Waals surface area (Å²) in [6, 6.07) is 4.54. The maximum absolute atomic E-state index is 10.7. The van der Waals surface area contributed by atoms with Gasteiger partial charge in [-0.2, -0.15) is 0 Å². The molecule has 0 aliphatic heterocycles. The van der Waals surface area contributed by atoms with Gasteiger partial charge in [0.05, 0.1) is 33.2 Å². The van der Waals surface area contributed by atoms with Crippen molar-refractivity contribution in [2.24, 2.45) is 0 Å². The van der Waals surface area contributed by atoms with E-state index in [9.17, 15) is 10.1 Å². The van der Waals surface area contributed by atoms with Crippen LogP contribution in [0.3, 0.4) is 0 Å². The SMILES string of the molecule is Cc1nc(CNc2nc3ccc([N+](=O)[O-])cc3[nH]2)cs1. The van der Waals surface area contributed by atoms with Gasteiger partial charge in [-0.05, 0) is 13.0 Å². The van der Waals surface area contributed by atoms with Crippen LogP contribution in [0.2, 0.25) is 0 Å². The number of imidazole rings is 1. The summed E-state index contributed by atoms with van der Waals surface area (Å²) < 4.78 is 0. The summed E-state index contributed by atoms with van der Waals surface area (Å²) in [4.78, 5) is 22.0. The quantitative estimate of drug-likeness (QED) is 0.568. The van der Waals surface area contributed by atoms with Gasteiger partial charge in [-0.1, -0.05) is 0 Å². The van der Waals surface area contributed by atoms with Gasteiger partial charge in [0.2, 0.25) is 5.95 Å². The van der Waals surface area contributed by atoms with Crippen LogP contribution in [0.1, 0.15) is 10.7 Å². The molecule has 2 aromatic heterocycles. The van der Waals surface area contributed by atoms with Crippen LogP contribution >= 0.6 is 11.3 Å². The summed E-state index contributed by atoms with van der Waals surface area (Å²) >= 11 is 1.59. The van der Waals surface area contributed by atoms with Crippen molar-refractivity contribution >= 4 is 34.0 Å². The average molecular weight is 289 g/mol. The van der Waals surface area contributed by atoms with Crippen molar-refractivity contribution in [1.82, 2.24) is 15.0 Å². The van der Waals surface area contributed by atoms with Gasteiger partial charge in [-0.3, -0.25) is 10.1 Å². The molecule has 8 heteroatoms. The maximum atomic E-state index is 10.7. The number of hydrogen-bond donors (Lipinski definition) is 2. The number of aryl methyl sites for hydroxylation is 1. The van der Waals surface area contributed by atoms with E-state index in [2.05, 4.69) is 20.3 Å². The molecule has 2 heterocycles. The first-order valence-electron chi connectivity index (χ1n) is 5.91. The summed E-state index contributed by atoms with van der Waals surface area (Å²) in [5, 5.41) is 16.8. The zero-order valence-corrected chi connectivity index (χ0v) is 11.4. The predicted octanol–water partition coefficient (Wildman–Crippen LogP) is 2.85. The van der Waals surface area contributed by atoms with E-state index in [4.69, 9.17) is 0 Å². The van der Waals surface area contributed by atoms with Crippen LogP contribution in [0.15, 0.2) is 23.6 Å². The Morgan fingerprint density at radius 3 is 3.00 bits per heavy atom. The molecular formula is C12H11N5O2S. The van der Waals surface area contributed by atoms with Crippen LogP contribution in [-0.4, -0.2) is 19.9 Å². The Labute approximate surface area is 117 Å². The van der Waals surface area contributed by atoms with Crippen LogP contribution in [-0.2, 0) is 6.54 Å². The zero-order valence-electron chi connectivity index (χ0n) is 10.6. The minimum absolute atomic E-state index is 0.0443. The highest BCUT2D eigenvalue weighted by Crippen LogP contribution is 2.20. The molecule has 0 spiro atoms. The molecule has 0 fully saturated rings. The van der Waals surface area contributed by atoms with Gasteiger partial charge in [0.1, 0.15) is 0 Å². The van der Waals surface area contributed by atoms with E-state index in [0.717, 1.165) is 10.7 Å². The smallest absolute Gasteiger partial charge is 0.271 e. The molecule has 0 radical (unpaired) electrons. The lowest BCUT2D eigenvalue weighted by atomic mass is 10.3. The van der Waals surface area contributed by atoms with Gasteiger partial charge in [0, 0.05) is 17.5 Å². The fraction of sp³-hybridized carbons (Fsp3) is 0.167. The van der Waals surface area contributed by atoms with Crippen molar-refractivity contribution in [3.63, 3.8) is 0 Å². The second-order valence-electron chi connectivity index (χ2n) is 4.26. The van der Waals surface area contributed by atoms with Gasteiger partial charge < -0.3 is 10.3 Å². The first-order valence-corrected chi connectivity index (χ1v) is 6.79. The third-order valence-electron chi connectivity index (χ3n) is 2.78. The molecule has 0 amide bonds. The van der Waals surface area contributed by atoms with Crippen molar-refractivity contribution in [2.75, 3.05) is 5.32 Å². The van der Waals surface area contributed by atoms with E-state index in [1.165, 1.54) is 12.1 Å². The first-order chi connectivity index (χ1) is 9.61. The van der Waals surface area contributed by atoms with Gasteiger partial charge in [0.25, 0.3) is 5.69 Å². The third-order valence-corrected chi connectivity index (χ3v) is 3.60. The highest BCUT2D eigenvalue weighted by Gasteiger charge is 2.09. The van der Waals surface area contributed by atoms with E-state index < -0.39 is 4.92 Å². The average Bonchev–Trinajstić information content (AvgIpc) is 3.00. The summed E-state index contributed by atoms with van der Waals surface area (Å²) in [7, 11) is 0. The number of non-ortho nitro benzene ring substituents is 1. The molecule has 0 aliphatic carbocycles. The van der Waals surface area contributed by atoms with Crippen molar-refractivity contribution in [1.29, 1.82) is 0 Å². The minimum atomic E-state index is -0.425. The first kappa shape index (κ1) is 12.5. The number of nitrogens with one attached hydrogen (secondary N) is 2. The largest absolute Gasteiger partial charge is 0.350 e. The molecule has 0 unspecified atom stereocenters. The van der Waals surface area contributed by atoms with E-state index in [-0.39, 0.29) is 5.69 Å². The minimum Gasteiger partial charge on any atom is -0.350 e. The standard InChI is InChI=1S/C12H11N5O2S/c1-7-14-8(6-20-7)5-13-12-15-10-3-2-9(17(18)19)4-11(10)16-12/h2-4,6H,5H2,1H3,(H2,13,15,16). The van der Waals surface area contributed by atoms with Gasteiger partial charge in [-0.25, -0.2) is 9.97 Å². The van der Waals surface area contributed by atoms with Gasteiger partial charge >= 0.3 is 0 Å². The Balaban J connectivity index is 1.80. The Hall–Kier alpha value is -2.48. The third kappa shape index (κ3) is 2.45. The highest BCUT2D eigenvalue weighted by atomic mass is 32.1. The van der Waals surface area contributed by atoms with Gasteiger partial charge in [0.15, 0.2) is 0 Å². The van der Waals surface area contributed by atoms with Crippen molar-refractivity contribution in [3.05, 3.63) is 44.4 Å². The molecule has 2 N–H and O–H groups in total. The van der Waals surface area contributed by atoms with Crippen LogP contribution in [0.4, 0.5) is 11.6 Å². The normalized spacial score (nSPS) is 10.8. The molecule has 20 heavy (non-hydrogen) atoms. The molecule has 1 aromatic carbocycles. The topological polar surface area (TPSA) is 96.7 Å². The van der Waals surface area contributed by atoms with Crippen LogP contribution in [0.5, 0.6) is 0 Å². The van der Waals surface area contributed by atoms with E-state index in [0.29, 0.717) is 23.5 Å². The number of rotatable bonds is 4. The van der Waals surface area contributed by atoms with Crippen molar-refractivity contribution < 1.29 is 4.92 Å². The number of fused-ring (bicyclic) bond motifs is 1.